The molecule has 0 radical (unpaired) electrons. The number of ether oxygens (including phenoxy) is 1. The van der Waals surface area contributed by atoms with Crippen LogP contribution in [0.5, 0.6) is 0 Å². The Balaban J connectivity index is 4.29. The van der Waals surface area contributed by atoms with Gasteiger partial charge in [0.1, 0.15) is 12.1 Å². The van der Waals surface area contributed by atoms with Gasteiger partial charge in [-0.15, -0.1) is 0 Å². The van der Waals surface area contributed by atoms with Gasteiger partial charge in [0.2, 0.25) is 5.91 Å². The van der Waals surface area contributed by atoms with Gasteiger partial charge in [-0.2, -0.15) is 0 Å². The molecule has 0 aliphatic heterocycles. The van der Waals surface area contributed by atoms with Crippen LogP contribution in [0.4, 0.5) is 0 Å². The molecule has 2 unspecified atom stereocenters. The van der Waals surface area contributed by atoms with Crippen molar-refractivity contribution in [2.45, 2.75) is 24.9 Å². The minimum atomic E-state index is -1.30. The fourth-order valence-electron chi connectivity index (χ4n) is 1.06. The molecule has 17 heavy (non-hydrogen) atoms. The van der Waals surface area contributed by atoms with E-state index in [1.54, 1.807) is 0 Å². The Morgan fingerprint density at radius 1 is 1.35 bits per heavy atom. The number of nitrogens with two attached hydrogens (primary N) is 1. The zero-order valence-corrected chi connectivity index (χ0v) is 9.38. The lowest BCUT2D eigenvalue weighted by molar-refractivity contribution is -0.143. The zero-order valence-electron chi connectivity index (χ0n) is 9.38. The summed E-state index contributed by atoms with van der Waals surface area (Å²) in [6, 6.07) is -2.24. The third kappa shape index (κ3) is 6.48. The summed E-state index contributed by atoms with van der Waals surface area (Å²) in [6.45, 7) is -0.0445. The second kappa shape index (κ2) is 7.58. The largest absolute Gasteiger partial charge is 0.481 e. The topological polar surface area (TPSA) is 139 Å². The zero-order chi connectivity index (χ0) is 13.4. The van der Waals surface area contributed by atoms with Crippen molar-refractivity contribution in [3.63, 3.8) is 0 Å². The molecule has 0 spiro atoms. The van der Waals surface area contributed by atoms with E-state index in [2.05, 4.69) is 10.1 Å². The number of rotatable bonds is 8. The highest BCUT2D eigenvalue weighted by molar-refractivity contribution is 5.87. The molecule has 0 rings (SSSR count). The number of hydrogen-bond acceptors (Lipinski definition) is 5. The number of carboxylic acid groups (broad SMARTS) is 2. The van der Waals surface area contributed by atoms with Gasteiger partial charge < -0.3 is 26.0 Å². The Hall–Kier alpha value is -1.67. The third-order valence-electron chi connectivity index (χ3n) is 1.94. The first-order chi connectivity index (χ1) is 7.88. The molecule has 8 nitrogen and oxygen atoms in total. The van der Waals surface area contributed by atoms with E-state index in [9.17, 15) is 14.4 Å². The molecular formula is C9H16N2O6. The van der Waals surface area contributed by atoms with Crippen LogP contribution in [0, 0.1) is 0 Å². The Kier molecular flexibility index (Phi) is 6.83. The van der Waals surface area contributed by atoms with Gasteiger partial charge >= 0.3 is 11.9 Å². The Morgan fingerprint density at radius 3 is 2.35 bits per heavy atom. The molecule has 0 aromatic heterocycles. The van der Waals surface area contributed by atoms with Gasteiger partial charge in [0.05, 0.1) is 6.61 Å². The Morgan fingerprint density at radius 2 is 1.94 bits per heavy atom. The van der Waals surface area contributed by atoms with Crippen LogP contribution in [0.15, 0.2) is 0 Å². The van der Waals surface area contributed by atoms with Crippen LogP contribution in [0.1, 0.15) is 12.8 Å². The number of methoxy groups -OCH3 is 1. The molecule has 2 atom stereocenters. The van der Waals surface area contributed by atoms with E-state index in [0.717, 1.165) is 0 Å². The molecule has 0 aromatic rings. The van der Waals surface area contributed by atoms with Crippen molar-refractivity contribution < 1.29 is 29.3 Å². The molecular weight excluding hydrogens is 232 g/mol. The molecule has 0 bridgehead atoms. The summed E-state index contributed by atoms with van der Waals surface area (Å²) in [4.78, 5) is 32.4. The van der Waals surface area contributed by atoms with Crippen molar-refractivity contribution in [3.8, 4) is 0 Å². The number of nitrogens with one attached hydrogen (secondary N) is 1. The second-order valence-corrected chi connectivity index (χ2v) is 3.39. The summed E-state index contributed by atoms with van der Waals surface area (Å²) in [5, 5.41) is 19.3. The summed E-state index contributed by atoms with van der Waals surface area (Å²) in [5.74, 6) is -3.12. The smallest absolute Gasteiger partial charge is 0.326 e. The van der Waals surface area contributed by atoms with Crippen molar-refractivity contribution in [1.29, 1.82) is 0 Å². The normalized spacial score (nSPS) is 13.8. The van der Waals surface area contributed by atoms with E-state index in [0.29, 0.717) is 0 Å². The first-order valence-electron chi connectivity index (χ1n) is 4.88. The van der Waals surface area contributed by atoms with Gasteiger partial charge in [0, 0.05) is 13.5 Å². The molecule has 0 aliphatic carbocycles. The van der Waals surface area contributed by atoms with Crippen molar-refractivity contribution in [3.05, 3.63) is 0 Å². The SMILES string of the molecule is COCC(N)C(=O)NC(CCC(=O)O)C(=O)O. The van der Waals surface area contributed by atoms with Crippen molar-refractivity contribution >= 4 is 17.8 Å². The maximum atomic E-state index is 11.4. The van der Waals surface area contributed by atoms with Gasteiger partial charge in [0.15, 0.2) is 0 Å². The fourth-order valence-corrected chi connectivity index (χ4v) is 1.06. The molecule has 5 N–H and O–H groups in total. The minimum Gasteiger partial charge on any atom is -0.481 e. The lowest BCUT2D eigenvalue weighted by atomic mass is 10.1. The lowest BCUT2D eigenvalue weighted by Gasteiger charge is -2.16. The van der Waals surface area contributed by atoms with Gasteiger partial charge in [-0.3, -0.25) is 9.59 Å². The van der Waals surface area contributed by atoms with Crippen LogP contribution in [-0.4, -0.2) is 53.9 Å². The molecule has 0 fully saturated rings. The summed E-state index contributed by atoms with van der Waals surface area (Å²) < 4.78 is 4.64. The standard InChI is InChI=1S/C9H16N2O6/c1-17-4-5(10)8(14)11-6(9(15)16)2-3-7(12)13/h5-6H,2-4,10H2,1H3,(H,11,14)(H,12,13)(H,15,16). The van der Waals surface area contributed by atoms with Crippen LogP contribution >= 0.6 is 0 Å². The predicted molar refractivity (Wildman–Crippen MR) is 56.3 cm³/mol. The molecule has 0 saturated carbocycles. The quantitative estimate of drug-likeness (QED) is 0.405. The highest BCUT2D eigenvalue weighted by Gasteiger charge is 2.23. The third-order valence-corrected chi connectivity index (χ3v) is 1.94. The summed E-state index contributed by atoms with van der Waals surface area (Å²) in [5.41, 5.74) is 5.39. The monoisotopic (exact) mass is 248 g/mol. The molecule has 0 saturated heterocycles. The van der Waals surface area contributed by atoms with Crippen molar-refractivity contribution in [2.24, 2.45) is 5.73 Å². The first kappa shape index (κ1) is 15.3. The van der Waals surface area contributed by atoms with E-state index in [4.69, 9.17) is 15.9 Å². The number of hydrogen-bond donors (Lipinski definition) is 4. The second-order valence-electron chi connectivity index (χ2n) is 3.39. The minimum absolute atomic E-state index is 0.0445. The highest BCUT2D eigenvalue weighted by atomic mass is 16.5. The van der Waals surface area contributed by atoms with Gasteiger partial charge in [-0.25, -0.2) is 4.79 Å². The van der Waals surface area contributed by atoms with Gasteiger partial charge in [-0.1, -0.05) is 0 Å². The number of carbonyl (C=O) groups excluding carboxylic acids is 1. The average Bonchev–Trinajstić information content (AvgIpc) is 2.23. The molecule has 1 amide bonds. The molecule has 0 aliphatic rings. The van der Waals surface area contributed by atoms with Crippen LogP contribution < -0.4 is 11.1 Å². The fraction of sp³-hybridized carbons (Fsp3) is 0.667. The number of amides is 1. The first-order valence-corrected chi connectivity index (χ1v) is 4.88. The van der Waals surface area contributed by atoms with E-state index < -0.39 is 29.9 Å². The van der Waals surface area contributed by atoms with Gasteiger partial charge in [0.25, 0.3) is 0 Å². The van der Waals surface area contributed by atoms with Gasteiger partial charge in [-0.05, 0) is 6.42 Å². The molecule has 98 valence electrons. The summed E-state index contributed by atoms with van der Waals surface area (Å²) >= 11 is 0. The maximum absolute atomic E-state index is 11.4. The maximum Gasteiger partial charge on any atom is 0.326 e. The molecule has 0 heterocycles. The van der Waals surface area contributed by atoms with Crippen molar-refractivity contribution in [1.82, 2.24) is 5.32 Å². The summed E-state index contributed by atoms with van der Waals surface area (Å²) in [6.07, 6.45) is -0.549. The van der Waals surface area contributed by atoms with E-state index >= 15 is 0 Å². The van der Waals surface area contributed by atoms with E-state index in [1.807, 2.05) is 0 Å². The number of carboxylic acids is 2. The predicted octanol–water partition coefficient (Wildman–Crippen LogP) is -1.61. The molecule has 8 heteroatoms. The van der Waals surface area contributed by atoms with E-state index in [-0.39, 0.29) is 19.4 Å². The number of carbonyl (C=O) groups is 3. The number of aliphatic carboxylic acids is 2. The summed E-state index contributed by atoms with van der Waals surface area (Å²) in [7, 11) is 1.35. The Labute approximate surface area is 97.7 Å². The lowest BCUT2D eigenvalue weighted by Crippen LogP contribution is -2.50. The molecule has 0 aromatic carbocycles. The van der Waals surface area contributed by atoms with E-state index in [1.165, 1.54) is 7.11 Å². The van der Waals surface area contributed by atoms with Crippen molar-refractivity contribution in [2.75, 3.05) is 13.7 Å². The highest BCUT2D eigenvalue weighted by Crippen LogP contribution is 1.98. The average molecular weight is 248 g/mol. The van der Waals surface area contributed by atoms with Crippen LogP contribution in [0.25, 0.3) is 0 Å². The van der Waals surface area contributed by atoms with Crippen LogP contribution in [0.2, 0.25) is 0 Å². The Bertz CT molecular complexity index is 293. The van der Waals surface area contributed by atoms with Crippen LogP contribution in [0.3, 0.4) is 0 Å². The van der Waals surface area contributed by atoms with Crippen LogP contribution in [-0.2, 0) is 19.1 Å².